The molecule has 3 fully saturated rings. The van der Waals surface area contributed by atoms with E-state index in [1.165, 1.54) is 0 Å². The predicted molar refractivity (Wildman–Crippen MR) is 146 cm³/mol. The summed E-state index contributed by atoms with van der Waals surface area (Å²) in [5.41, 5.74) is 0. The Balaban J connectivity index is 1.97. The van der Waals surface area contributed by atoms with E-state index in [9.17, 15) is 70.6 Å². The molecule has 3 rings (SSSR count). The molecule has 15 unspecified atom stereocenters. The Labute approximate surface area is 267 Å². The van der Waals surface area contributed by atoms with E-state index >= 15 is 0 Å². The van der Waals surface area contributed by atoms with Gasteiger partial charge in [-0.05, 0) is 0 Å². The fourth-order valence-corrected chi connectivity index (χ4v) is 5.78. The molecule has 3 aliphatic rings. The summed E-state index contributed by atoms with van der Waals surface area (Å²) in [5.74, 6) is -7.73. The SMILES string of the molecule is CC(=O)NC1C(O)OC(CO)C(OC2OC(CO)C(O)C(OC3(C(=O)O)CC(O)C(NC(C)=O)C(C(O)C(CO)CO)O3)C2O)C1O. The second-order valence-corrected chi connectivity index (χ2v) is 11.6. The third kappa shape index (κ3) is 8.52. The first kappa shape index (κ1) is 39.3. The summed E-state index contributed by atoms with van der Waals surface area (Å²) >= 11 is 0. The molecule has 0 radical (unpaired) electrons. The standard InChI is InChI=1S/C26H44N2O19/c1-8(33)27-14-11(35)3-26(25(41)42,46-21(14)16(36)10(4-29)5-30)47-22-17(37)12(6-31)44-24(19(22)39)45-20-13(7-32)43-23(40)15(18(20)38)28-9(2)34/h10-24,29-32,35-40H,3-7H2,1-2H3,(H,27,33)(H,28,34)(H,41,42). The molecule has 0 aromatic carbocycles. The zero-order valence-corrected chi connectivity index (χ0v) is 25.4. The monoisotopic (exact) mass is 688 g/mol. The van der Waals surface area contributed by atoms with Gasteiger partial charge in [-0.15, -0.1) is 0 Å². The van der Waals surface area contributed by atoms with Gasteiger partial charge in [-0.25, -0.2) is 4.79 Å². The predicted octanol–water partition coefficient (Wildman–Crippen LogP) is -7.83. The van der Waals surface area contributed by atoms with Crippen LogP contribution in [0.1, 0.15) is 20.3 Å². The van der Waals surface area contributed by atoms with Gasteiger partial charge in [0.2, 0.25) is 11.8 Å². The van der Waals surface area contributed by atoms with Crippen LogP contribution in [0.5, 0.6) is 0 Å². The Morgan fingerprint density at radius 3 is 1.91 bits per heavy atom. The van der Waals surface area contributed by atoms with E-state index in [4.69, 9.17) is 23.7 Å². The molecule has 272 valence electrons. The van der Waals surface area contributed by atoms with Gasteiger partial charge in [0.25, 0.3) is 5.79 Å². The molecule has 3 heterocycles. The van der Waals surface area contributed by atoms with E-state index in [0.29, 0.717) is 0 Å². The van der Waals surface area contributed by atoms with E-state index in [1.54, 1.807) is 0 Å². The first-order valence-corrected chi connectivity index (χ1v) is 14.7. The number of rotatable bonds is 13. The molecular weight excluding hydrogens is 644 g/mol. The highest BCUT2D eigenvalue weighted by molar-refractivity contribution is 5.76. The zero-order chi connectivity index (χ0) is 35.4. The van der Waals surface area contributed by atoms with Crippen LogP contribution in [0.2, 0.25) is 0 Å². The molecule has 0 bridgehead atoms. The molecule has 0 aromatic heterocycles. The molecule has 13 N–H and O–H groups in total. The minimum absolute atomic E-state index is 0.689. The zero-order valence-electron chi connectivity index (χ0n) is 25.4. The van der Waals surface area contributed by atoms with Gasteiger partial charge in [0.1, 0.15) is 54.9 Å². The Morgan fingerprint density at radius 1 is 0.830 bits per heavy atom. The highest BCUT2D eigenvalue weighted by Crippen LogP contribution is 2.38. The van der Waals surface area contributed by atoms with E-state index in [-0.39, 0.29) is 0 Å². The van der Waals surface area contributed by atoms with Gasteiger partial charge in [-0.1, -0.05) is 0 Å². The fourth-order valence-electron chi connectivity index (χ4n) is 5.78. The quantitative estimate of drug-likeness (QED) is 0.0854. The molecule has 21 heteroatoms. The van der Waals surface area contributed by atoms with Crippen LogP contribution in [0.25, 0.3) is 0 Å². The number of nitrogens with one attached hydrogen (secondary N) is 2. The first-order chi connectivity index (χ1) is 22.0. The van der Waals surface area contributed by atoms with Crippen LogP contribution in [0.4, 0.5) is 0 Å². The van der Waals surface area contributed by atoms with Crippen molar-refractivity contribution in [1.82, 2.24) is 10.6 Å². The van der Waals surface area contributed by atoms with Crippen LogP contribution in [0.15, 0.2) is 0 Å². The van der Waals surface area contributed by atoms with Gasteiger partial charge >= 0.3 is 5.97 Å². The Kier molecular flexibility index (Phi) is 13.8. The molecule has 3 aliphatic heterocycles. The molecule has 15 atom stereocenters. The molecular formula is C26H44N2O19. The lowest BCUT2D eigenvalue weighted by Crippen LogP contribution is -2.71. The fraction of sp³-hybridized carbons (Fsp3) is 0.885. The van der Waals surface area contributed by atoms with Crippen LogP contribution in [0, 0.1) is 5.92 Å². The van der Waals surface area contributed by atoms with Crippen molar-refractivity contribution in [2.75, 3.05) is 26.4 Å². The maximum Gasteiger partial charge on any atom is 0.364 e. The smallest absolute Gasteiger partial charge is 0.364 e. The lowest BCUT2D eigenvalue weighted by atomic mass is 9.85. The van der Waals surface area contributed by atoms with Gasteiger partial charge in [-0.2, -0.15) is 0 Å². The maximum absolute atomic E-state index is 12.7. The van der Waals surface area contributed by atoms with Crippen LogP contribution < -0.4 is 10.6 Å². The number of carboxylic acid groups (broad SMARTS) is 1. The van der Waals surface area contributed by atoms with E-state index < -0.39 is 148 Å². The van der Waals surface area contributed by atoms with Crippen molar-refractivity contribution in [3.05, 3.63) is 0 Å². The van der Waals surface area contributed by atoms with Crippen molar-refractivity contribution in [1.29, 1.82) is 0 Å². The van der Waals surface area contributed by atoms with Crippen LogP contribution in [-0.2, 0) is 38.1 Å². The number of hydrogen-bond donors (Lipinski definition) is 13. The minimum atomic E-state index is -3.01. The van der Waals surface area contributed by atoms with E-state index in [1.807, 2.05) is 0 Å². The van der Waals surface area contributed by atoms with E-state index in [0.717, 1.165) is 13.8 Å². The van der Waals surface area contributed by atoms with Gasteiger partial charge in [0.15, 0.2) is 12.6 Å². The number of aliphatic hydroxyl groups is 10. The second kappa shape index (κ2) is 16.5. The average Bonchev–Trinajstić information content (AvgIpc) is 3.01. The largest absolute Gasteiger partial charge is 0.477 e. The Bertz CT molecular complexity index is 1070. The highest BCUT2D eigenvalue weighted by atomic mass is 16.8. The number of aliphatic hydroxyl groups excluding tert-OH is 10. The number of carbonyl (C=O) groups is 3. The Hall–Kier alpha value is -2.19. The molecule has 21 nitrogen and oxygen atoms in total. The summed E-state index contributed by atoms with van der Waals surface area (Å²) in [6, 6.07) is -3.00. The molecule has 0 aromatic rings. The summed E-state index contributed by atoms with van der Waals surface area (Å²) in [6.07, 6.45) is -23.3. The Morgan fingerprint density at radius 2 is 1.40 bits per heavy atom. The van der Waals surface area contributed by atoms with Crippen molar-refractivity contribution in [2.24, 2.45) is 5.92 Å². The first-order valence-electron chi connectivity index (χ1n) is 14.7. The third-order valence-electron chi connectivity index (χ3n) is 8.24. The van der Waals surface area contributed by atoms with E-state index in [2.05, 4.69) is 10.6 Å². The van der Waals surface area contributed by atoms with Gasteiger partial charge < -0.3 is 90.5 Å². The number of amides is 2. The summed E-state index contributed by atoms with van der Waals surface area (Å²) in [5, 5.41) is 119. The van der Waals surface area contributed by atoms with Crippen LogP contribution in [-0.4, -0.2) is 192 Å². The number of aliphatic carboxylic acids is 1. The highest BCUT2D eigenvalue weighted by Gasteiger charge is 2.60. The van der Waals surface area contributed by atoms with Crippen molar-refractivity contribution in [3.63, 3.8) is 0 Å². The molecule has 0 aliphatic carbocycles. The molecule has 2 amide bonds. The third-order valence-corrected chi connectivity index (χ3v) is 8.24. The van der Waals surface area contributed by atoms with Crippen LogP contribution in [0.3, 0.4) is 0 Å². The number of hydrogen-bond acceptors (Lipinski definition) is 18. The normalized spacial score (nSPS) is 41.7. The van der Waals surface area contributed by atoms with Crippen molar-refractivity contribution >= 4 is 17.8 Å². The second-order valence-electron chi connectivity index (χ2n) is 11.6. The molecule has 0 saturated carbocycles. The van der Waals surface area contributed by atoms with Gasteiger partial charge in [0.05, 0.1) is 44.7 Å². The lowest BCUT2D eigenvalue weighted by Gasteiger charge is -2.51. The van der Waals surface area contributed by atoms with Crippen molar-refractivity contribution in [2.45, 2.75) is 112 Å². The molecule has 0 spiro atoms. The number of carboxylic acids is 1. The van der Waals surface area contributed by atoms with Crippen molar-refractivity contribution in [3.8, 4) is 0 Å². The minimum Gasteiger partial charge on any atom is -0.477 e. The summed E-state index contributed by atoms with van der Waals surface area (Å²) in [7, 11) is 0. The maximum atomic E-state index is 12.7. The summed E-state index contributed by atoms with van der Waals surface area (Å²) in [6.45, 7) is -1.37. The number of carbonyl (C=O) groups excluding carboxylic acids is 2. The average molecular weight is 689 g/mol. The molecule has 3 saturated heterocycles. The number of ether oxygens (including phenoxy) is 5. The summed E-state index contributed by atoms with van der Waals surface area (Å²) in [4.78, 5) is 36.2. The summed E-state index contributed by atoms with van der Waals surface area (Å²) < 4.78 is 27.6. The molecule has 47 heavy (non-hydrogen) atoms. The lowest BCUT2D eigenvalue weighted by molar-refractivity contribution is -0.381. The van der Waals surface area contributed by atoms with Gasteiger partial charge in [-0.3, -0.25) is 9.59 Å². The van der Waals surface area contributed by atoms with Gasteiger partial charge in [0, 0.05) is 26.2 Å². The van der Waals surface area contributed by atoms with Crippen molar-refractivity contribution < 1.29 is 94.2 Å². The van der Waals surface area contributed by atoms with Crippen LogP contribution >= 0.6 is 0 Å². The topological polar surface area (TPSA) is 344 Å².